The molecular weight excluding hydrogens is 318 g/mol. The molecule has 1 aromatic heterocycles. The molecule has 0 aliphatic carbocycles. The number of rotatable bonds is 1. The fourth-order valence-electron chi connectivity index (χ4n) is 3.52. The summed E-state index contributed by atoms with van der Waals surface area (Å²) in [7, 11) is 3.98. The smallest absolute Gasteiger partial charge is 0.137 e. The highest BCUT2D eigenvalue weighted by Crippen LogP contribution is 2.42. The van der Waals surface area contributed by atoms with Gasteiger partial charge in [-0.3, -0.25) is 0 Å². The molecule has 1 fully saturated rings. The van der Waals surface area contributed by atoms with Crippen LogP contribution in [0, 0.1) is 6.92 Å². The number of likely N-dealkylation sites (N-methyl/N-ethyl adjacent to an activating group) is 1. The summed E-state index contributed by atoms with van der Waals surface area (Å²) >= 11 is 1.83. The lowest BCUT2D eigenvalue weighted by Crippen LogP contribution is -2.47. The molecular formula is C19H23N3OS. The minimum atomic E-state index is -0.0383. The van der Waals surface area contributed by atoms with Crippen LogP contribution in [0.4, 0.5) is 5.69 Å². The molecule has 4 nitrogen and oxygen atoms in total. The number of hydrogen-bond donors (Lipinski definition) is 0. The van der Waals surface area contributed by atoms with Gasteiger partial charge in [0.1, 0.15) is 11.9 Å². The predicted octanol–water partition coefficient (Wildman–Crippen LogP) is 3.43. The van der Waals surface area contributed by atoms with E-state index in [9.17, 15) is 0 Å². The Kier molecular flexibility index (Phi) is 4.16. The normalized spacial score (nSPS) is 21.0. The standard InChI is InChI=1S/C19H23N3OS/c1-13-12-15-18(24-13)17(23-3)14-6-4-5-7-16(14)20-19(15)22-10-8-21(2)9-11-22/h4-7,12,17H,8-11H2,1-3H3. The predicted molar refractivity (Wildman–Crippen MR) is 99.6 cm³/mol. The van der Waals surface area contributed by atoms with Crippen LogP contribution in [0.2, 0.25) is 0 Å². The minimum Gasteiger partial charge on any atom is -0.371 e. The van der Waals surface area contributed by atoms with Crippen LogP contribution in [0.25, 0.3) is 0 Å². The van der Waals surface area contributed by atoms with Crippen LogP contribution in [0.15, 0.2) is 35.3 Å². The van der Waals surface area contributed by atoms with Crippen LogP contribution < -0.4 is 0 Å². The van der Waals surface area contributed by atoms with E-state index in [0.29, 0.717) is 0 Å². The molecule has 24 heavy (non-hydrogen) atoms. The van der Waals surface area contributed by atoms with E-state index in [1.807, 2.05) is 11.3 Å². The number of thiophene rings is 1. The number of benzene rings is 1. The topological polar surface area (TPSA) is 28.1 Å². The number of methoxy groups -OCH3 is 1. The molecule has 1 unspecified atom stereocenters. The van der Waals surface area contributed by atoms with Crippen molar-refractivity contribution in [1.82, 2.24) is 9.80 Å². The van der Waals surface area contributed by atoms with E-state index in [1.165, 1.54) is 15.3 Å². The quantitative estimate of drug-likeness (QED) is 0.795. The van der Waals surface area contributed by atoms with E-state index in [0.717, 1.165) is 43.3 Å². The monoisotopic (exact) mass is 341 g/mol. The van der Waals surface area contributed by atoms with Crippen LogP contribution in [0.1, 0.15) is 27.0 Å². The van der Waals surface area contributed by atoms with Gasteiger partial charge in [0.2, 0.25) is 0 Å². The molecule has 1 saturated heterocycles. The number of ether oxygens (including phenoxy) is 1. The van der Waals surface area contributed by atoms with Gasteiger partial charge in [-0.05, 0) is 26.1 Å². The van der Waals surface area contributed by atoms with Gasteiger partial charge in [-0.1, -0.05) is 18.2 Å². The molecule has 3 heterocycles. The first-order valence-electron chi connectivity index (χ1n) is 8.42. The number of hydrogen-bond acceptors (Lipinski definition) is 5. The van der Waals surface area contributed by atoms with Crippen molar-refractivity contribution in [3.05, 3.63) is 51.2 Å². The van der Waals surface area contributed by atoms with E-state index in [1.54, 1.807) is 7.11 Å². The zero-order chi connectivity index (χ0) is 16.7. The molecule has 2 aliphatic rings. The van der Waals surface area contributed by atoms with Crippen molar-refractivity contribution in [2.24, 2.45) is 4.99 Å². The Morgan fingerprint density at radius 2 is 1.92 bits per heavy atom. The Morgan fingerprint density at radius 3 is 2.67 bits per heavy atom. The highest BCUT2D eigenvalue weighted by molar-refractivity contribution is 7.12. The Morgan fingerprint density at radius 1 is 1.17 bits per heavy atom. The molecule has 2 aliphatic heterocycles. The molecule has 0 bridgehead atoms. The summed E-state index contributed by atoms with van der Waals surface area (Å²) in [6.45, 7) is 6.35. The summed E-state index contributed by atoms with van der Waals surface area (Å²) in [5.41, 5.74) is 3.43. The van der Waals surface area contributed by atoms with Gasteiger partial charge in [0, 0.05) is 54.2 Å². The third-order valence-electron chi connectivity index (χ3n) is 4.85. The highest BCUT2D eigenvalue weighted by atomic mass is 32.1. The fourth-order valence-corrected chi connectivity index (χ4v) is 4.64. The number of aryl methyl sites for hydroxylation is 1. The maximum Gasteiger partial charge on any atom is 0.137 e. The molecule has 126 valence electrons. The average Bonchev–Trinajstić information content (AvgIpc) is 2.91. The van der Waals surface area contributed by atoms with E-state index in [4.69, 9.17) is 9.73 Å². The molecule has 5 heteroatoms. The molecule has 1 aromatic carbocycles. The van der Waals surface area contributed by atoms with Gasteiger partial charge in [-0.15, -0.1) is 11.3 Å². The Hall–Kier alpha value is -1.69. The van der Waals surface area contributed by atoms with Crippen molar-refractivity contribution in [3.63, 3.8) is 0 Å². The Labute approximate surface area is 147 Å². The molecule has 1 atom stereocenters. The van der Waals surface area contributed by atoms with Gasteiger partial charge in [0.15, 0.2) is 0 Å². The molecule has 2 aromatic rings. The van der Waals surface area contributed by atoms with Crippen LogP contribution in [0.3, 0.4) is 0 Å². The van der Waals surface area contributed by atoms with E-state index in [2.05, 4.69) is 54.1 Å². The Bertz CT molecular complexity index is 775. The summed E-state index contributed by atoms with van der Waals surface area (Å²) in [6.07, 6.45) is -0.0383. The number of fused-ring (bicyclic) bond motifs is 2. The lowest BCUT2D eigenvalue weighted by Gasteiger charge is -2.34. The molecule has 4 rings (SSSR count). The second-order valence-corrected chi connectivity index (χ2v) is 7.82. The van der Waals surface area contributed by atoms with E-state index >= 15 is 0 Å². The zero-order valence-corrected chi connectivity index (χ0v) is 15.3. The highest BCUT2D eigenvalue weighted by Gasteiger charge is 2.30. The first kappa shape index (κ1) is 15.8. The van der Waals surface area contributed by atoms with Gasteiger partial charge in [0.05, 0.1) is 5.69 Å². The third-order valence-corrected chi connectivity index (χ3v) is 5.94. The van der Waals surface area contributed by atoms with Crippen LogP contribution in [-0.2, 0) is 4.74 Å². The van der Waals surface area contributed by atoms with Crippen LogP contribution in [0.5, 0.6) is 0 Å². The molecule has 0 N–H and O–H groups in total. The van der Waals surface area contributed by atoms with Gasteiger partial charge >= 0.3 is 0 Å². The van der Waals surface area contributed by atoms with Crippen LogP contribution >= 0.6 is 11.3 Å². The number of piperazine rings is 1. The van der Waals surface area contributed by atoms with Crippen molar-refractivity contribution in [3.8, 4) is 0 Å². The SMILES string of the molecule is COC1c2ccccc2N=C(N2CCN(C)CC2)c2cc(C)sc21. The maximum absolute atomic E-state index is 5.90. The van der Waals surface area contributed by atoms with Crippen molar-refractivity contribution in [2.75, 3.05) is 40.3 Å². The largest absolute Gasteiger partial charge is 0.371 e. The molecule has 0 amide bonds. The molecule has 0 radical (unpaired) electrons. The first-order chi connectivity index (χ1) is 11.7. The van der Waals surface area contributed by atoms with Crippen molar-refractivity contribution >= 4 is 22.9 Å². The lowest BCUT2D eigenvalue weighted by atomic mass is 10.0. The van der Waals surface area contributed by atoms with Gasteiger partial charge in [-0.2, -0.15) is 0 Å². The summed E-state index contributed by atoms with van der Waals surface area (Å²) in [5, 5.41) is 0. The third kappa shape index (κ3) is 2.66. The second-order valence-electron chi connectivity index (χ2n) is 6.54. The first-order valence-corrected chi connectivity index (χ1v) is 9.23. The number of amidine groups is 1. The maximum atomic E-state index is 5.90. The van der Waals surface area contributed by atoms with Crippen molar-refractivity contribution in [2.45, 2.75) is 13.0 Å². The average molecular weight is 341 g/mol. The van der Waals surface area contributed by atoms with Gasteiger partial charge in [0.25, 0.3) is 0 Å². The van der Waals surface area contributed by atoms with Gasteiger partial charge < -0.3 is 14.5 Å². The minimum absolute atomic E-state index is 0.0383. The molecule has 0 saturated carbocycles. The summed E-state index contributed by atoms with van der Waals surface area (Å²) in [4.78, 5) is 12.5. The number of aliphatic imine (C=N–C) groups is 1. The van der Waals surface area contributed by atoms with Crippen molar-refractivity contribution < 1.29 is 4.74 Å². The summed E-state index contributed by atoms with van der Waals surface area (Å²) < 4.78 is 5.90. The lowest BCUT2D eigenvalue weighted by molar-refractivity contribution is 0.140. The van der Waals surface area contributed by atoms with Gasteiger partial charge in [-0.25, -0.2) is 4.99 Å². The summed E-state index contributed by atoms with van der Waals surface area (Å²) in [6, 6.07) is 10.6. The summed E-state index contributed by atoms with van der Waals surface area (Å²) in [5.74, 6) is 1.11. The van der Waals surface area contributed by atoms with E-state index in [-0.39, 0.29) is 6.10 Å². The number of para-hydroxylation sites is 1. The Balaban J connectivity index is 1.86. The zero-order valence-electron chi connectivity index (χ0n) is 14.5. The molecule has 0 spiro atoms. The second kappa shape index (κ2) is 6.31. The van der Waals surface area contributed by atoms with E-state index < -0.39 is 0 Å². The van der Waals surface area contributed by atoms with Crippen LogP contribution in [-0.4, -0.2) is 56.0 Å². The van der Waals surface area contributed by atoms with Crippen molar-refractivity contribution in [1.29, 1.82) is 0 Å². The fraction of sp³-hybridized carbons (Fsp3) is 0.421. The number of nitrogens with zero attached hydrogens (tertiary/aromatic N) is 3.